The normalized spacial score (nSPS) is 12.5. The van der Waals surface area contributed by atoms with Crippen molar-refractivity contribution in [3.8, 4) is 0 Å². The van der Waals surface area contributed by atoms with Gasteiger partial charge in [-0.05, 0) is 47.9 Å². The summed E-state index contributed by atoms with van der Waals surface area (Å²) in [5.74, 6) is -1.75. The maximum absolute atomic E-state index is 13.2. The van der Waals surface area contributed by atoms with E-state index in [0.29, 0.717) is 5.56 Å². The van der Waals surface area contributed by atoms with Crippen LogP contribution in [0.1, 0.15) is 22.1 Å². The lowest BCUT2D eigenvalue weighted by Crippen LogP contribution is -1.98. The summed E-state index contributed by atoms with van der Waals surface area (Å²) in [4.78, 5) is 0. The highest BCUT2D eigenvalue weighted by atomic mass is 79.9. The van der Waals surface area contributed by atoms with Crippen LogP contribution >= 0.6 is 27.5 Å². The predicted octanol–water partition coefficient (Wildman–Crippen LogP) is 5.36. The molecule has 0 fully saturated rings. The summed E-state index contributed by atoms with van der Waals surface area (Å²) in [7, 11) is 0. The van der Waals surface area contributed by atoms with E-state index in [4.69, 9.17) is 11.6 Å². The molecule has 0 heterocycles. The maximum atomic E-state index is 13.2. The molecule has 0 amide bonds. The molecule has 0 aliphatic carbocycles. The molecular formula is C14H10BrClF2. The Kier molecular flexibility index (Phi) is 4.03. The Morgan fingerprint density at radius 3 is 2.44 bits per heavy atom. The lowest BCUT2D eigenvalue weighted by atomic mass is 10.00. The van der Waals surface area contributed by atoms with Crippen LogP contribution in [0.5, 0.6) is 0 Å². The van der Waals surface area contributed by atoms with Crippen molar-refractivity contribution in [2.75, 3.05) is 0 Å². The Morgan fingerprint density at radius 1 is 1.06 bits per heavy atom. The Hall–Kier alpha value is -0.930. The van der Waals surface area contributed by atoms with Crippen LogP contribution in [0.2, 0.25) is 0 Å². The Labute approximate surface area is 118 Å². The number of rotatable bonds is 2. The minimum absolute atomic E-state index is 0.502. The zero-order valence-corrected chi connectivity index (χ0v) is 11.9. The molecule has 2 rings (SSSR count). The average molecular weight is 332 g/mol. The average Bonchev–Trinajstić information content (AvgIpc) is 2.35. The monoisotopic (exact) mass is 330 g/mol. The van der Waals surface area contributed by atoms with Gasteiger partial charge in [0.15, 0.2) is 11.6 Å². The van der Waals surface area contributed by atoms with Gasteiger partial charge in [-0.2, -0.15) is 0 Å². The highest BCUT2D eigenvalue weighted by molar-refractivity contribution is 9.10. The second-order valence-corrected chi connectivity index (χ2v) is 5.39. The molecule has 2 aromatic rings. The van der Waals surface area contributed by atoms with Crippen LogP contribution in [0.4, 0.5) is 8.78 Å². The van der Waals surface area contributed by atoms with Gasteiger partial charge in [0.25, 0.3) is 0 Å². The predicted molar refractivity (Wildman–Crippen MR) is 72.9 cm³/mol. The molecule has 0 nitrogen and oxygen atoms in total. The van der Waals surface area contributed by atoms with E-state index in [0.717, 1.165) is 27.7 Å². The van der Waals surface area contributed by atoms with E-state index in [9.17, 15) is 8.78 Å². The zero-order valence-electron chi connectivity index (χ0n) is 9.55. The molecule has 0 saturated carbocycles. The maximum Gasteiger partial charge on any atom is 0.159 e. The Morgan fingerprint density at radius 2 is 1.78 bits per heavy atom. The lowest BCUT2D eigenvalue weighted by molar-refractivity contribution is 0.507. The largest absolute Gasteiger partial charge is 0.204 e. The van der Waals surface area contributed by atoms with E-state index in [-0.39, 0.29) is 0 Å². The molecule has 1 unspecified atom stereocenters. The fourth-order valence-corrected chi connectivity index (χ4v) is 2.48. The van der Waals surface area contributed by atoms with E-state index in [1.54, 1.807) is 0 Å². The van der Waals surface area contributed by atoms with Gasteiger partial charge in [0.05, 0.1) is 5.38 Å². The fraction of sp³-hybridized carbons (Fsp3) is 0.143. The van der Waals surface area contributed by atoms with Crippen LogP contribution in [0.25, 0.3) is 0 Å². The van der Waals surface area contributed by atoms with Gasteiger partial charge in [-0.15, -0.1) is 11.6 Å². The highest BCUT2D eigenvalue weighted by Gasteiger charge is 2.15. The van der Waals surface area contributed by atoms with Crippen molar-refractivity contribution < 1.29 is 8.78 Å². The quantitative estimate of drug-likeness (QED) is 0.650. The van der Waals surface area contributed by atoms with E-state index in [1.807, 2.05) is 25.1 Å². The number of aryl methyl sites for hydroxylation is 1. The number of alkyl halides is 1. The SMILES string of the molecule is Cc1ccc(Br)cc1C(Cl)c1ccc(F)c(F)c1. The minimum Gasteiger partial charge on any atom is -0.204 e. The van der Waals surface area contributed by atoms with Crippen LogP contribution in [0.3, 0.4) is 0 Å². The molecule has 2 aromatic carbocycles. The van der Waals surface area contributed by atoms with Crippen LogP contribution in [-0.2, 0) is 0 Å². The number of halogens is 4. The molecule has 0 aromatic heterocycles. The van der Waals surface area contributed by atoms with Gasteiger partial charge in [-0.1, -0.05) is 28.1 Å². The first-order chi connectivity index (χ1) is 8.49. The van der Waals surface area contributed by atoms with Gasteiger partial charge in [0, 0.05) is 4.47 Å². The highest BCUT2D eigenvalue weighted by Crippen LogP contribution is 2.33. The summed E-state index contributed by atoms with van der Waals surface area (Å²) in [6, 6.07) is 9.44. The molecule has 0 aliphatic rings. The Bertz CT molecular complexity index is 584. The van der Waals surface area contributed by atoms with E-state index < -0.39 is 17.0 Å². The Balaban J connectivity index is 2.44. The number of hydrogen-bond donors (Lipinski definition) is 0. The molecule has 18 heavy (non-hydrogen) atoms. The van der Waals surface area contributed by atoms with Crippen molar-refractivity contribution in [2.45, 2.75) is 12.3 Å². The molecule has 0 aliphatic heterocycles. The first-order valence-electron chi connectivity index (χ1n) is 5.34. The van der Waals surface area contributed by atoms with Crippen LogP contribution in [0.15, 0.2) is 40.9 Å². The molecular weight excluding hydrogens is 322 g/mol. The van der Waals surface area contributed by atoms with Crippen molar-refractivity contribution in [2.24, 2.45) is 0 Å². The minimum atomic E-state index is -0.884. The summed E-state index contributed by atoms with van der Waals surface area (Å²) in [6.45, 7) is 1.93. The molecule has 1 atom stereocenters. The molecule has 0 spiro atoms. The molecule has 0 bridgehead atoms. The van der Waals surface area contributed by atoms with Gasteiger partial charge >= 0.3 is 0 Å². The summed E-state index contributed by atoms with van der Waals surface area (Å²) in [6.07, 6.45) is 0. The van der Waals surface area contributed by atoms with E-state index in [1.165, 1.54) is 6.07 Å². The third-order valence-corrected chi connectivity index (χ3v) is 3.73. The number of benzene rings is 2. The molecule has 4 heteroatoms. The third kappa shape index (κ3) is 2.73. The van der Waals surface area contributed by atoms with Gasteiger partial charge < -0.3 is 0 Å². The van der Waals surface area contributed by atoms with Crippen LogP contribution < -0.4 is 0 Å². The summed E-state index contributed by atoms with van der Waals surface area (Å²) in [5, 5.41) is -0.502. The van der Waals surface area contributed by atoms with Gasteiger partial charge in [-0.3, -0.25) is 0 Å². The smallest absolute Gasteiger partial charge is 0.159 e. The standard InChI is InChI=1S/C14H10BrClF2/c1-8-2-4-10(15)7-11(8)14(16)9-3-5-12(17)13(18)6-9/h2-7,14H,1H3. The summed E-state index contributed by atoms with van der Waals surface area (Å²) >= 11 is 9.69. The lowest BCUT2D eigenvalue weighted by Gasteiger charge is -2.14. The molecule has 0 N–H and O–H groups in total. The fourth-order valence-electron chi connectivity index (χ4n) is 1.73. The first kappa shape index (κ1) is 13.5. The molecule has 0 radical (unpaired) electrons. The van der Waals surface area contributed by atoms with Crippen molar-refractivity contribution in [3.63, 3.8) is 0 Å². The first-order valence-corrected chi connectivity index (χ1v) is 6.57. The van der Waals surface area contributed by atoms with Crippen molar-refractivity contribution in [1.29, 1.82) is 0 Å². The molecule has 0 saturated heterocycles. The summed E-state index contributed by atoms with van der Waals surface area (Å²) < 4.78 is 27.0. The third-order valence-electron chi connectivity index (χ3n) is 2.75. The summed E-state index contributed by atoms with van der Waals surface area (Å²) in [5.41, 5.74) is 2.41. The van der Waals surface area contributed by atoms with Crippen molar-refractivity contribution in [1.82, 2.24) is 0 Å². The van der Waals surface area contributed by atoms with Crippen LogP contribution in [-0.4, -0.2) is 0 Å². The van der Waals surface area contributed by atoms with Crippen molar-refractivity contribution >= 4 is 27.5 Å². The van der Waals surface area contributed by atoms with E-state index in [2.05, 4.69) is 15.9 Å². The second-order valence-electron chi connectivity index (χ2n) is 4.04. The zero-order chi connectivity index (χ0) is 13.3. The topological polar surface area (TPSA) is 0 Å². The number of hydrogen-bond acceptors (Lipinski definition) is 0. The van der Waals surface area contributed by atoms with Gasteiger partial charge in [0.1, 0.15) is 0 Å². The van der Waals surface area contributed by atoms with Crippen LogP contribution in [0, 0.1) is 18.6 Å². The molecule has 94 valence electrons. The van der Waals surface area contributed by atoms with Gasteiger partial charge in [0.2, 0.25) is 0 Å². The van der Waals surface area contributed by atoms with E-state index >= 15 is 0 Å². The second kappa shape index (κ2) is 5.37. The van der Waals surface area contributed by atoms with Gasteiger partial charge in [-0.25, -0.2) is 8.78 Å². The van der Waals surface area contributed by atoms with Crippen molar-refractivity contribution in [3.05, 3.63) is 69.2 Å².